The van der Waals surface area contributed by atoms with Crippen molar-refractivity contribution in [3.05, 3.63) is 69.9 Å². The Hall–Kier alpha value is -5.61. The van der Waals surface area contributed by atoms with Gasteiger partial charge >= 0.3 is 29.5 Å². The Balaban J connectivity index is 1.48. The number of methoxy groups -OCH3 is 4. The van der Waals surface area contributed by atoms with Gasteiger partial charge in [-0.25, -0.2) is 4.79 Å². The number of hydrogen-bond donors (Lipinski definition) is 0. The molecular formula is C36H36N2O12S2. The predicted molar refractivity (Wildman–Crippen MR) is 196 cm³/mol. The van der Waals surface area contributed by atoms with E-state index in [-0.39, 0.29) is 56.4 Å². The van der Waals surface area contributed by atoms with Gasteiger partial charge < -0.3 is 42.6 Å². The van der Waals surface area contributed by atoms with E-state index in [2.05, 4.69) is 0 Å². The standard InChI is InChI=1S/C36H36N2O12S2/c1-21-6-7-25(37(17-31(39)44-2)18-32(40)45-3)28(12-21)48-9-10-49-29-14-23-13-24(30-15-22-8-11-51-36(22)52-30)35(43)50-27(23)16-26(29)38(19-33(41)46-4)20-34(42)47-5/h6-8,11-16H,9-10,17-20H2,1-5H3. The Labute approximate surface area is 305 Å². The number of hydrogen-bond acceptors (Lipinski definition) is 16. The summed E-state index contributed by atoms with van der Waals surface area (Å²) in [4.78, 5) is 66.1. The number of carbonyl (C=O) groups is 4. The van der Waals surface area contributed by atoms with Crippen molar-refractivity contribution in [3.8, 4) is 21.9 Å². The van der Waals surface area contributed by atoms with E-state index in [4.69, 9.17) is 32.8 Å². The smallest absolute Gasteiger partial charge is 0.345 e. The number of fused-ring (bicyclic) bond motifs is 2. The molecule has 2 aromatic carbocycles. The summed E-state index contributed by atoms with van der Waals surface area (Å²) in [6.45, 7) is 0.660. The van der Waals surface area contributed by atoms with Crippen LogP contribution in [0.1, 0.15) is 5.56 Å². The molecule has 0 spiro atoms. The Morgan fingerprint density at radius 1 is 0.673 bits per heavy atom. The van der Waals surface area contributed by atoms with Crippen LogP contribution in [0.4, 0.5) is 11.4 Å². The van der Waals surface area contributed by atoms with Gasteiger partial charge in [-0.15, -0.1) is 22.7 Å². The third kappa shape index (κ3) is 8.99. The molecule has 274 valence electrons. The van der Waals surface area contributed by atoms with Gasteiger partial charge in [0.15, 0.2) is 0 Å². The lowest BCUT2D eigenvalue weighted by atomic mass is 10.1. The van der Waals surface area contributed by atoms with Crippen LogP contribution >= 0.6 is 22.7 Å². The van der Waals surface area contributed by atoms with Gasteiger partial charge in [-0.3, -0.25) is 19.2 Å². The number of nitrogens with zero attached hydrogens (tertiary/aromatic N) is 2. The quantitative estimate of drug-likeness (QED) is 0.0585. The molecule has 0 aliphatic heterocycles. The first-order valence-corrected chi connectivity index (χ1v) is 17.5. The lowest BCUT2D eigenvalue weighted by Gasteiger charge is -2.26. The first-order chi connectivity index (χ1) is 25.0. The molecule has 0 saturated heterocycles. The van der Waals surface area contributed by atoms with Crippen molar-refractivity contribution in [2.45, 2.75) is 6.92 Å². The lowest BCUT2D eigenvalue weighted by molar-refractivity contribution is -0.141. The second-order valence-electron chi connectivity index (χ2n) is 11.3. The molecule has 0 aliphatic rings. The SMILES string of the molecule is COC(=O)CN(CC(=O)OC)c1ccc(C)cc1OCCOc1cc2cc(-c3cc4ccsc4s3)c(=O)oc2cc1N(CC(=O)OC)CC(=O)OC. The van der Waals surface area contributed by atoms with Crippen molar-refractivity contribution < 1.29 is 52.0 Å². The number of anilines is 2. The molecule has 0 saturated carbocycles. The lowest BCUT2D eigenvalue weighted by Crippen LogP contribution is -2.36. The van der Waals surface area contributed by atoms with Gasteiger partial charge in [-0.05, 0) is 54.3 Å². The Kier molecular flexibility index (Phi) is 12.4. The molecule has 3 aromatic heterocycles. The topological polar surface area (TPSA) is 160 Å². The zero-order valence-electron chi connectivity index (χ0n) is 29.0. The van der Waals surface area contributed by atoms with Gasteiger partial charge in [0.05, 0.1) is 49.4 Å². The van der Waals surface area contributed by atoms with E-state index in [1.54, 1.807) is 35.6 Å². The zero-order valence-corrected chi connectivity index (χ0v) is 30.7. The van der Waals surface area contributed by atoms with Crippen LogP contribution in [0.2, 0.25) is 0 Å². The fourth-order valence-electron chi connectivity index (χ4n) is 5.20. The molecule has 0 atom stereocenters. The fraction of sp³-hybridized carbons (Fsp3) is 0.306. The van der Waals surface area contributed by atoms with Crippen LogP contribution in [0, 0.1) is 6.92 Å². The molecule has 0 fully saturated rings. The van der Waals surface area contributed by atoms with E-state index in [0.29, 0.717) is 22.4 Å². The summed E-state index contributed by atoms with van der Waals surface area (Å²) in [6, 6.07) is 14.1. The third-order valence-electron chi connectivity index (χ3n) is 7.81. The number of benzene rings is 2. The van der Waals surface area contributed by atoms with E-state index >= 15 is 0 Å². The second kappa shape index (κ2) is 17.1. The van der Waals surface area contributed by atoms with Crippen molar-refractivity contribution >= 4 is 78.3 Å². The maximum absolute atomic E-state index is 13.2. The number of esters is 4. The molecule has 14 nitrogen and oxygen atoms in total. The summed E-state index contributed by atoms with van der Waals surface area (Å²) in [6.07, 6.45) is 0. The fourth-order valence-corrected chi connectivity index (χ4v) is 7.32. The van der Waals surface area contributed by atoms with E-state index in [1.807, 2.05) is 30.5 Å². The van der Waals surface area contributed by atoms with E-state index in [0.717, 1.165) is 19.8 Å². The normalized spacial score (nSPS) is 10.9. The average Bonchev–Trinajstić information content (AvgIpc) is 3.75. The summed E-state index contributed by atoms with van der Waals surface area (Å²) >= 11 is 3.07. The largest absolute Gasteiger partial charge is 0.488 e. The summed E-state index contributed by atoms with van der Waals surface area (Å²) in [7, 11) is 4.94. The first kappa shape index (κ1) is 37.6. The number of ether oxygens (including phenoxy) is 6. The Morgan fingerprint density at radius 2 is 1.23 bits per heavy atom. The van der Waals surface area contributed by atoms with Crippen LogP contribution in [0.15, 0.2) is 63.1 Å². The van der Waals surface area contributed by atoms with Gasteiger partial charge in [-0.1, -0.05) is 6.07 Å². The molecule has 0 bridgehead atoms. The number of aryl methyl sites for hydroxylation is 1. The second-order valence-corrected chi connectivity index (χ2v) is 13.5. The van der Waals surface area contributed by atoms with Gasteiger partial charge in [0.25, 0.3) is 0 Å². The molecule has 52 heavy (non-hydrogen) atoms. The van der Waals surface area contributed by atoms with Crippen LogP contribution in [0.5, 0.6) is 11.5 Å². The van der Waals surface area contributed by atoms with Crippen molar-refractivity contribution in [2.24, 2.45) is 0 Å². The molecular weight excluding hydrogens is 717 g/mol. The maximum Gasteiger partial charge on any atom is 0.345 e. The van der Waals surface area contributed by atoms with Gasteiger partial charge in [0, 0.05) is 21.7 Å². The van der Waals surface area contributed by atoms with Gasteiger partial charge in [0.1, 0.15) is 56.5 Å². The molecule has 0 amide bonds. The summed E-state index contributed by atoms with van der Waals surface area (Å²) in [5.74, 6) is -1.78. The van der Waals surface area contributed by atoms with Crippen molar-refractivity contribution in [1.82, 2.24) is 0 Å². The molecule has 0 radical (unpaired) electrons. The van der Waals surface area contributed by atoms with Crippen molar-refractivity contribution in [1.29, 1.82) is 0 Å². The zero-order chi connectivity index (χ0) is 37.4. The van der Waals surface area contributed by atoms with Gasteiger partial charge in [0.2, 0.25) is 0 Å². The highest BCUT2D eigenvalue weighted by atomic mass is 32.2. The van der Waals surface area contributed by atoms with Gasteiger partial charge in [-0.2, -0.15) is 0 Å². The van der Waals surface area contributed by atoms with E-state index < -0.39 is 29.5 Å². The minimum atomic E-state index is -0.636. The van der Waals surface area contributed by atoms with Crippen LogP contribution < -0.4 is 24.9 Å². The molecule has 0 unspecified atom stereocenters. The molecule has 0 aliphatic carbocycles. The highest BCUT2D eigenvalue weighted by Crippen LogP contribution is 2.38. The Morgan fingerprint density at radius 3 is 1.79 bits per heavy atom. The van der Waals surface area contributed by atoms with Crippen molar-refractivity contribution in [3.63, 3.8) is 0 Å². The summed E-state index contributed by atoms with van der Waals surface area (Å²) in [5, 5.41) is 3.54. The number of thiophene rings is 2. The minimum Gasteiger partial charge on any atom is -0.488 e. The molecule has 0 N–H and O–H groups in total. The van der Waals surface area contributed by atoms with Crippen LogP contribution in [-0.4, -0.2) is 91.7 Å². The molecule has 3 heterocycles. The predicted octanol–water partition coefficient (Wildman–Crippen LogP) is 4.81. The van der Waals surface area contributed by atoms with Crippen LogP contribution in [0.3, 0.4) is 0 Å². The maximum atomic E-state index is 13.2. The van der Waals surface area contributed by atoms with E-state index in [9.17, 15) is 24.0 Å². The van der Waals surface area contributed by atoms with Crippen LogP contribution in [-0.2, 0) is 38.1 Å². The number of rotatable bonds is 16. The Bertz CT molecular complexity index is 2090. The number of carbonyl (C=O) groups excluding carboxylic acids is 4. The minimum absolute atomic E-state index is 0.00667. The van der Waals surface area contributed by atoms with E-state index in [1.165, 1.54) is 55.6 Å². The molecule has 5 rings (SSSR count). The van der Waals surface area contributed by atoms with Crippen molar-refractivity contribution in [2.75, 3.05) is 77.6 Å². The average molecular weight is 753 g/mol. The highest BCUT2D eigenvalue weighted by Gasteiger charge is 2.24. The molecule has 5 aromatic rings. The molecule has 16 heteroatoms. The van der Waals surface area contributed by atoms with Crippen LogP contribution in [0.25, 0.3) is 30.8 Å². The highest BCUT2D eigenvalue weighted by molar-refractivity contribution is 7.39. The third-order valence-corrected chi connectivity index (χ3v) is 10.1. The monoisotopic (exact) mass is 752 g/mol. The summed E-state index contributed by atoms with van der Waals surface area (Å²) < 4.78 is 38.6. The summed E-state index contributed by atoms with van der Waals surface area (Å²) in [5.41, 5.74) is 1.59. The first-order valence-electron chi connectivity index (χ1n) is 15.8.